The van der Waals surface area contributed by atoms with Crippen LogP contribution in [-0.4, -0.2) is 49.2 Å². The molecule has 7 nitrogen and oxygen atoms in total. The number of hydrogen-bond donors (Lipinski definition) is 1. The van der Waals surface area contributed by atoms with Crippen molar-refractivity contribution < 1.29 is 9.53 Å². The summed E-state index contributed by atoms with van der Waals surface area (Å²) in [4.78, 5) is 25.7. The lowest BCUT2D eigenvalue weighted by atomic mass is 10.2. The third kappa shape index (κ3) is 4.45. The minimum Gasteiger partial charge on any atom is -0.497 e. The lowest BCUT2D eigenvalue weighted by molar-refractivity contribution is 0.102. The molecule has 0 bridgehead atoms. The zero-order chi connectivity index (χ0) is 20.1. The van der Waals surface area contributed by atoms with E-state index < -0.39 is 0 Å². The summed E-state index contributed by atoms with van der Waals surface area (Å²) >= 11 is 0. The molecule has 148 valence electrons. The molecule has 0 spiro atoms. The number of ether oxygens (including phenoxy) is 1. The third-order valence-corrected chi connectivity index (χ3v) is 4.94. The Labute approximate surface area is 170 Å². The van der Waals surface area contributed by atoms with Gasteiger partial charge in [0.25, 0.3) is 5.91 Å². The summed E-state index contributed by atoms with van der Waals surface area (Å²) in [6.07, 6.45) is 1.44. The lowest BCUT2D eigenvalue weighted by Crippen LogP contribution is -2.46. The van der Waals surface area contributed by atoms with Crippen LogP contribution in [0.15, 0.2) is 67.0 Å². The quantitative estimate of drug-likeness (QED) is 0.723. The molecule has 7 heteroatoms. The molecule has 2 aromatic carbocycles. The number of para-hydroxylation sites is 1. The molecule has 3 aromatic rings. The molecule has 4 rings (SSSR count). The standard InChI is InChI=1S/C22H23N5O2/c1-29-19-9-5-6-17(14-19)25-22(28)20-15-21(24-16-23-20)27-12-10-26(11-13-27)18-7-3-2-4-8-18/h2-9,14-16H,10-13H2,1H3,(H,25,28). The molecule has 0 unspecified atom stereocenters. The molecular formula is C22H23N5O2. The first-order valence-corrected chi connectivity index (χ1v) is 9.55. The van der Waals surface area contributed by atoms with Crippen molar-refractivity contribution in [1.29, 1.82) is 0 Å². The van der Waals surface area contributed by atoms with Crippen molar-refractivity contribution in [2.45, 2.75) is 0 Å². The van der Waals surface area contributed by atoms with Crippen molar-refractivity contribution >= 4 is 23.1 Å². The molecule has 1 aliphatic rings. The van der Waals surface area contributed by atoms with E-state index in [-0.39, 0.29) is 5.91 Å². The largest absolute Gasteiger partial charge is 0.497 e. The van der Waals surface area contributed by atoms with Crippen LogP contribution in [-0.2, 0) is 0 Å². The van der Waals surface area contributed by atoms with Crippen LogP contribution in [0.25, 0.3) is 0 Å². The maximum absolute atomic E-state index is 12.6. The van der Waals surface area contributed by atoms with Gasteiger partial charge in [0.05, 0.1) is 7.11 Å². The summed E-state index contributed by atoms with van der Waals surface area (Å²) < 4.78 is 5.19. The van der Waals surface area contributed by atoms with E-state index in [1.807, 2.05) is 24.3 Å². The number of rotatable bonds is 5. The number of aromatic nitrogens is 2. The van der Waals surface area contributed by atoms with Crippen LogP contribution < -0.4 is 19.9 Å². The van der Waals surface area contributed by atoms with E-state index in [0.29, 0.717) is 17.1 Å². The number of nitrogens with one attached hydrogen (secondary N) is 1. The average Bonchev–Trinajstić information content (AvgIpc) is 2.80. The normalized spacial score (nSPS) is 13.8. The van der Waals surface area contributed by atoms with Crippen molar-refractivity contribution in [3.05, 3.63) is 72.7 Å². The minimum atomic E-state index is -0.273. The molecule has 1 amide bonds. The van der Waals surface area contributed by atoms with Crippen LogP contribution >= 0.6 is 0 Å². The van der Waals surface area contributed by atoms with E-state index in [9.17, 15) is 4.79 Å². The second-order valence-corrected chi connectivity index (χ2v) is 6.76. The minimum absolute atomic E-state index is 0.273. The number of nitrogens with zero attached hydrogens (tertiary/aromatic N) is 4. The SMILES string of the molecule is COc1cccc(NC(=O)c2cc(N3CCN(c4ccccc4)CC3)ncn2)c1. The van der Waals surface area contributed by atoms with Crippen LogP contribution in [0, 0.1) is 0 Å². The molecule has 1 aromatic heterocycles. The Bertz CT molecular complexity index is 972. The second kappa shape index (κ2) is 8.60. The molecule has 1 saturated heterocycles. The molecule has 1 aliphatic heterocycles. The molecule has 1 N–H and O–H groups in total. The molecule has 2 heterocycles. The first-order valence-electron chi connectivity index (χ1n) is 9.55. The van der Waals surface area contributed by atoms with Crippen molar-refractivity contribution in [2.75, 3.05) is 48.4 Å². The van der Waals surface area contributed by atoms with Crippen LogP contribution in [0.3, 0.4) is 0 Å². The van der Waals surface area contributed by atoms with Gasteiger partial charge in [0.2, 0.25) is 0 Å². The zero-order valence-corrected chi connectivity index (χ0v) is 16.3. The first kappa shape index (κ1) is 18.7. The fourth-order valence-electron chi connectivity index (χ4n) is 3.37. The molecule has 0 radical (unpaired) electrons. The number of methoxy groups -OCH3 is 1. The van der Waals surface area contributed by atoms with E-state index in [2.05, 4.69) is 49.4 Å². The topological polar surface area (TPSA) is 70.6 Å². The molecule has 0 saturated carbocycles. The van der Waals surface area contributed by atoms with Crippen molar-refractivity contribution in [3.8, 4) is 5.75 Å². The van der Waals surface area contributed by atoms with Gasteiger partial charge in [-0.3, -0.25) is 4.79 Å². The molecule has 29 heavy (non-hydrogen) atoms. The molecule has 1 fully saturated rings. The molecule has 0 atom stereocenters. The number of hydrogen-bond acceptors (Lipinski definition) is 6. The van der Waals surface area contributed by atoms with Gasteiger partial charge in [-0.25, -0.2) is 9.97 Å². The highest BCUT2D eigenvalue weighted by Crippen LogP contribution is 2.20. The van der Waals surface area contributed by atoms with Gasteiger partial charge in [-0.05, 0) is 24.3 Å². The highest BCUT2D eigenvalue weighted by atomic mass is 16.5. The highest BCUT2D eigenvalue weighted by molar-refractivity contribution is 6.03. The first-order chi connectivity index (χ1) is 14.2. The summed E-state index contributed by atoms with van der Waals surface area (Å²) in [5.74, 6) is 1.18. The monoisotopic (exact) mass is 389 g/mol. The Kier molecular flexibility index (Phi) is 5.56. The molecular weight excluding hydrogens is 366 g/mol. The van der Waals surface area contributed by atoms with E-state index >= 15 is 0 Å². The molecule has 0 aliphatic carbocycles. The summed E-state index contributed by atoms with van der Waals surface area (Å²) in [5, 5.41) is 2.86. The van der Waals surface area contributed by atoms with E-state index in [1.54, 1.807) is 19.2 Å². The number of amides is 1. The number of anilines is 3. The predicted octanol–water partition coefficient (Wildman–Crippen LogP) is 3.06. The van der Waals surface area contributed by atoms with Gasteiger partial charge in [0.15, 0.2) is 0 Å². The van der Waals surface area contributed by atoms with Crippen LogP contribution in [0.5, 0.6) is 5.75 Å². The highest BCUT2D eigenvalue weighted by Gasteiger charge is 2.19. The summed E-state index contributed by atoms with van der Waals surface area (Å²) in [6.45, 7) is 3.48. The number of carbonyl (C=O) groups is 1. The van der Waals surface area contributed by atoms with E-state index in [1.165, 1.54) is 12.0 Å². The number of piperazine rings is 1. The lowest BCUT2D eigenvalue weighted by Gasteiger charge is -2.36. The van der Waals surface area contributed by atoms with Crippen molar-refractivity contribution in [3.63, 3.8) is 0 Å². The fraction of sp³-hybridized carbons (Fsp3) is 0.227. The fourth-order valence-corrected chi connectivity index (χ4v) is 3.37. The summed E-state index contributed by atoms with van der Waals surface area (Å²) in [7, 11) is 1.59. The number of benzene rings is 2. The van der Waals surface area contributed by atoms with E-state index in [4.69, 9.17) is 4.74 Å². The van der Waals surface area contributed by atoms with Gasteiger partial charge in [-0.15, -0.1) is 0 Å². The Hall–Kier alpha value is -3.61. The van der Waals surface area contributed by atoms with Gasteiger partial charge < -0.3 is 19.9 Å². The van der Waals surface area contributed by atoms with Gasteiger partial charge in [-0.2, -0.15) is 0 Å². The summed E-state index contributed by atoms with van der Waals surface area (Å²) in [5.41, 5.74) is 2.22. The predicted molar refractivity (Wildman–Crippen MR) is 114 cm³/mol. The smallest absolute Gasteiger partial charge is 0.274 e. The Morgan fingerprint density at radius 3 is 2.45 bits per heavy atom. The maximum Gasteiger partial charge on any atom is 0.274 e. The van der Waals surface area contributed by atoms with Crippen molar-refractivity contribution in [2.24, 2.45) is 0 Å². The summed E-state index contributed by atoms with van der Waals surface area (Å²) in [6, 6.07) is 19.4. The Morgan fingerprint density at radius 2 is 1.69 bits per heavy atom. The third-order valence-electron chi connectivity index (χ3n) is 4.94. The van der Waals surface area contributed by atoms with Crippen molar-refractivity contribution in [1.82, 2.24) is 9.97 Å². The Balaban J connectivity index is 1.41. The maximum atomic E-state index is 12.6. The van der Waals surface area contributed by atoms with E-state index in [0.717, 1.165) is 32.0 Å². The van der Waals surface area contributed by atoms with Crippen LogP contribution in [0.4, 0.5) is 17.2 Å². The van der Waals surface area contributed by atoms with Crippen LogP contribution in [0.2, 0.25) is 0 Å². The number of carbonyl (C=O) groups excluding carboxylic acids is 1. The van der Waals surface area contributed by atoms with Gasteiger partial charge in [0, 0.05) is 49.7 Å². The van der Waals surface area contributed by atoms with Gasteiger partial charge in [-0.1, -0.05) is 24.3 Å². The second-order valence-electron chi connectivity index (χ2n) is 6.76. The zero-order valence-electron chi connectivity index (χ0n) is 16.3. The van der Waals surface area contributed by atoms with Gasteiger partial charge >= 0.3 is 0 Å². The van der Waals surface area contributed by atoms with Gasteiger partial charge in [0.1, 0.15) is 23.6 Å². The Morgan fingerprint density at radius 1 is 0.931 bits per heavy atom. The van der Waals surface area contributed by atoms with Crippen LogP contribution in [0.1, 0.15) is 10.5 Å². The average molecular weight is 389 g/mol.